The number of carbonyl (C=O) groups is 7. The van der Waals surface area contributed by atoms with E-state index < -0.39 is 116 Å². The van der Waals surface area contributed by atoms with Crippen molar-refractivity contribution >= 4 is 41.8 Å². The first-order valence-corrected chi connectivity index (χ1v) is 14.3. The summed E-state index contributed by atoms with van der Waals surface area (Å²) in [5.41, 5.74) is 0. The lowest BCUT2D eigenvalue weighted by atomic mass is 9.97. The zero-order valence-corrected chi connectivity index (χ0v) is 27.2. The van der Waals surface area contributed by atoms with Crippen LogP contribution in [0.25, 0.3) is 0 Å². The summed E-state index contributed by atoms with van der Waals surface area (Å²) in [6, 6.07) is 1.71. The summed E-state index contributed by atoms with van der Waals surface area (Å²) in [5, 5.41) is 8.80. The molecule has 0 N–H and O–H groups in total. The van der Waals surface area contributed by atoms with Gasteiger partial charge >= 0.3 is 41.8 Å². The predicted molar refractivity (Wildman–Crippen MR) is 149 cm³/mol. The molecule has 0 unspecified atom stereocenters. The molecule has 0 aliphatic carbocycles. The van der Waals surface area contributed by atoms with Crippen LogP contribution in [-0.2, 0) is 85.7 Å². The maximum atomic E-state index is 12.4. The van der Waals surface area contributed by atoms with Gasteiger partial charge in [0.25, 0.3) is 0 Å². The maximum Gasteiger partial charge on any atom is 0.303 e. The third-order valence-corrected chi connectivity index (χ3v) is 6.28. The van der Waals surface area contributed by atoms with Gasteiger partial charge in [0.1, 0.15) is 32.0 Å². The average molecular weight is 688 g/mol. The highest BCUT2D eigenvalue weighted by Crippen LogP contribution is 2.41. The fraction of sp³-hybridized carbons (Fsp3) is 0.655. The van der Waals surface area contributed by atoms with Gasteiger partial charge in [-0.15, -0.1) is 0 Å². The molecule has 19 nitrogen and oxygen atoms in total. The van der Waals surface area contributed by atoms with E-state index in [1.807, 2.05) is 0 Å². The Bertz CT molecular complexity index is 1290. The summed E-state index contributed by atoms with van der Waals surface area (Å²) in [4.78, 5) is 85.0. The number of esters is 7. The van der Waals surface area contributed by atoms with Crippen LogP contribution in [0.2, 0.25) is 0 Å². The molecule has 0 aromatic rings. The number of nitriles is 1. The van der Waals surface area contributed by atoms with Crippen LogP contribution >= 0.6 is 0 Å². The van der Waals surface area contributed by atoms with Crippen LogP contribution in [0.1, 0.15) is 48.5 Å². The van der Waals surface area contributed by atoms with E-state index >= 15 is 0 Å². The quantitative estimate of drug-likeness (QED) is 0.0981. The highest BCUT2D eigenvalue weighted by atomic mass is 16.8. The lowest BCUT2D eigenvalue weighted by Crippen LogP contribution is -2.65. The molecule has 2 heterocycles. The zero-order chi connectivity index (χ0) is 36.2. The molecule has 0 spiro atoms. The number of allylic oxidation sites excluding steroid dienone is 1. The Morgan fingerprint density at radius 2 is 1.17 bits per heavy atom. The predicted octanol–water partition coefficient (Wildman–Crippen LogP) is -0.338. The Hall–Kier alpha value is -4.80. The minimum Gasteiger partial charge on any atom is -0.498 e. The van der Waals surface area contributed by atoms with Crippen LogP contribution in [0.15, 0.2) is 12.3 Å². The summed E-state index contributed by atoms with van der Waals surface area (Å²) in [6.07, 6.45) is -11.0. The van der Waals surface area contributed by atoms with E-state index in [-0.39, 0.29) is 0 Å². The van der Waals surface area contributed by atoms with Crippen molar-refractivity contribution in [3.63, 3.8) is 0 Å². The van der Waals surface area contributed by atoms with E-state index in [1.165, 1.54) is 0 Å². The first kappa shape index (κ1) is 39.4. The van der Waals surface area contributed by atoms with E-state index in [0.717, 1.165) is 60.8 Å². The second kappa shape index (κ2) is 17.9. The Morgan fingerprint density at radius 3 is 1.69 bits per heavy atom. The van der Waals surface area contributed by atoms with Gasteiger partial charge < -0.3 is 52.1 Å². The first-order valence-electron chi connectivity index (χ1n) is 14.3. The number of hydrogen-bond donors (Lipinski definition) is 0. The number of ether oxygens (including phenoxy) is 11. The molecule has 2 rings (SSSR count). The van der Waals surface area contributed by atoms with Crippen molar-refractivity contribution in [1.29, 1.82) is 5.26 Å². The molecule has 266 valence electrons. The zero-order valence-electron chi connectivity index (χ0n) is 27.2. The number of carbonyl (C=O) groups excluding carboxylic acids is 7. The lowest BCUT2D eigenvalue weighted by Gasteiger charge is -2.46. The van der Waals surface area contributed by atoms with Crippen molar-refractivity contribution in [2.45, 2.75) is 103 Å². The van der Waals surface area contributed by atoms with Crippen molar-refractivity contribution in [2.75, 3.05) is 19.8 Å². The summed E-state index contributed by atoms with van der Waals surface area (Å²) < 4.78 is 61.0. The van der Waals surface area contributed by atoms with E-state index in [2.05, 4.69) is 0 Å². The van der Waals surface area contributed by atoms with E-state index in [0.29, 0.717) is 0 Å². The van der Waals surface area contributed by atoms with Crippen molar-refractivity contribution < 1.29 is 85.7 Å². The normalized spacial score (nSPS) is 29.5. The minimum absolute atomic E-state index is 0.447. The minimum atomic E-state index is -2.45. The fourth-order valence-electron chi connectivity index (χ4n) is 4.79. The number of nitrogens with zero attached hydrogens (tertiary/aromatic N) is 1. The molecule has 48 heavy (non-hydrogen) atoms. The van der Waals surface area contributed by atoms with Crippen molar-refractivity contribution in [2.24, 2.45) is 0 Å². The van der Waals surface area contributed by atoms with Crippen LogP contribution in [0.3, 0.4) is 0 Å². The summed E-state index contributed by atoms with van der Waals surface area (Å²) in [5.74, 6) is -8.67. The summed E-state index contributed by atoms with van der Waals surface area (Å²) in [6.45, 7) is 5.27. The molecule has 0 aromatic heterocycles. The molecule has 2 saturated heterocycles. The smallest absolute Gasteiger partial charge is 0.303 e. The molecule has 2 aliphatic rings. The first-order chi connectivity index (χ1) is 22.5. The van der Waals surface area contributed by atoms with E-state index in [1.54, 1.807) is 6.07 Å². The fourth-order valence-corrected chi connectivity index (χ4v) is 4.79. The maximum absolute atomic E-state index is 12.4. The largest absolute Gasteiger partial charge is 0.498 e. The molecule has 0 aromatic carbocycles. The van der Waals surface area contributed by atoms with Gasteiger partial charge in [-0.3, -0.25) is 33.6 Å². The van der Waals surface area contributed by atoms with E-state index in [4.69, 9.17) is 57.4 Å². The molecule has 2 aliphatic heterocycles. The molecule has 0 radical (unpaired) electrons. The van der Waals surface area contributed by atoms with E-state index in [9.17, 15) is 33.6 Å². The molecule has 19 heteroatoms. The molecular formula is C29H37NO18. The van der Waals surface area contributed by atoms with Crippen molar-refractivity contribution in [3.05, 3.63) is 12.3 Å². The highest BCUT2D eigenvalue weighted by Gasteiger charge is 2.64. The second-order valence-corrected chi connectivity index (χ2v) is 10.3. The van der Waals surface area contributed by atoms with Crippen LogP contribution in [0, 0.1) is 11.3 Å². The van der Waals surface area contributed by atoms with Crippen LogP contribution in [0.5, 0.6) is 0 Å². The number of hydrogen-bond acceptors (Lipinski definition) is 19. The summed E-state index contributed by atoms with van der Waals surface area (Å²) >= 11 is 0. The average Bonchev–Trinajstić information content (AvgIpc) is 3.22. The molecular weight excluding hydrogens is 650 g/mol. The molecule has 0 bridgehead atoms. The van der Waals surface area contributed by atoms with Crippen LogP contribution < -0.4 is 0 Å². The number of rotatable bonds is 14. The summed E-state index contributed by atoms with van der Waals surface area (Å²) in [7, 11) is 0. The standard InChI is InChI=1S/C29H37NO18/c1-14(31)39-12-21-23(41-16(3)33)25(43-18(5)35)26(44-19(6)36)28(46-21)48-29(13-40-15(2)32)27(45-20(7)37)24(42-17(4)34)22(47-29)11-38-10-8-9-30/h8,10,21-28H,11-13H2,1-7H3/b10-8-/t21-,22-,23-,24-,25+,26-,27+,28-,29+/m1/s1. The van der Waals surface area contributed by atoms with Crippen LogP contribution in [0.4, 0.5) is 0 Å². The molecule has 2 fully saturated rings. The van der Waals surface area contributed by atoms with Gasteiger partial charge in [0.2, 0.25) is 12.1 Å². The Labute approximate surface area is 274 Å². The molecule has 0 amide bonds. The van der Waals surface area contributed by atoms with Gasteiger partial charge in [0.15, 0.2) is 30.5 Å². The second-order valence-electron chi connectivity index (χ2n) is 10.3. The van der Waals surface area contributed by atoms with Gasteiger partial charge in [-0.25, -0.2) is 0 Å². The van der Waals surface area contributed by atoms with Gasteiger partial charge in [-0.2, -0.15) is 5.26 Å². The third kappa shape index (κ3) is 11.5. The van der Waals surface area contributed by atoms with Crippen LogP contribution in [-0.4, -0.2) is 116 Å². The third-order valence-electron chi connectivity index (χ3n) is 6.28. The lowest BCUT2D eigenvalue weighted by molar-refractivity contribution is -0.384. The topological polar surface area (TPSA) is 245 Å². The van der Waals surface area contributed by atoms with Gasteiger partial charge in [0.05, 0.1) is 18.4 Å². The van der Waals surface area contributed by atoms with Crippen molar-refractivity contribution in [1.82, 2.24) is 0 Å². The Morgan fingerprint density at radius 1 is 0.646 bits per heavy atom. The Kier molecular flexibility index (Phi) is 14.7. The Balaban J connectivity index is 2.78. The van der Waals surface area contributed by atoms with Gasteiger partial charge in [-0.1, -0.05) is 0 Å². The SMILES string of the molecule is CC(=O)OC[C@H]1O[C@H](O[C@]2(COC(C)=O)O[C@H](CO/C=C\C#N)[C@@H](OC(C)=O)[C@@H]2OC(C)=O)[C@H](OC(C)=O)[C@@H](OC(C)=O)[C@@H]1OC(C)=O. The van der Waals surface area contributed by atoms with Gasteiger partial charge in [0, 0.05) is 48.5 Å². The molecule has 0 saturated carbocycles. The monoisotopic (exact) mass is 687 g/mol. The van der Waals surface area contributed by atoms with Gasteiger partial charge in [-0.05, 0) is 0 Å². The molecule has 9 atom stereocenters. The highest BCUT2D eigenvalue weighted by molar-refractivity contribution is 5.69. The van der Waals surface area contributed by atoms with Crippen molar-refractivity contribution in [3.8, 4) is 6.07 Å².